The van der Waals surface area contributed by atoms with E-state index < -0.39 is 52.8 Å². The molecule has 0 aliphatic heterocycles. The van der Waals surface area contributed by atoms with E-state index in [2.05, 4.69) is 0 Å². The first-order valence-corrected chi connectivity index (χ1v) is 7.37. The standard InChI is InChI=1S/C16H11ClF3NO5/c1-21-9(6-10(22)23)11(15(25)26)12(16(18,19)20)13(21)14(24)7-2-4-8(17)5-3-7/h2-5H,6H2,1H3,(H,22,23)(H,25,26). The Morgan fingerprint density at radius 3 is 2.08 bits per heavy atom. The van der Waals surface area contributed by atoms with Gasteiger partial charge in [-0.3, -0.25) is 9.59 Å². The summed E-state index contributed by atoms with van der Waals surface area (Å²) >= 11 is 5.69. The van der Waals surface area contributed by atoms with E-state index in [0.29, 0.717) is 4.57 Å². The normalized spacial score (nSPS) is 11.4. The molecular formula is C16H11ClF3NO5. The number of hydrogen-bond acceptors (Lipinski definition) is 3. The monoisotopic (exact) mass is 389 g/mol. The van der Waals surface area contributed by atoms with Crippen LogP contribution in [-0.4, -0.2) is 32.5 Å². The number of benzene rings is 1. The van der Waals surface area contributed by atoms with E-state index in [4.69, 9.17) is 16.7 Å². The first-order valence-electron chi connectivity index (χ1n) is 6.99. The number of rotatable bonds is 5. The second-order valence-electron chi connectivity index (χ2n) is 5.31. The molecule has 0 unspecified atom stereocenters. The zero-order valence-corrected chi connectivity index (χ0v) is 13.9. The zero-order valence-electron chi connectivity index (χ0n) is 13.1. The lowest BCUT2D eigenvalue weighted by Crippen LogP contribution is -2.17. The fraction of sp³-hybridized carbons (Fsp3) is 0.188. The first kappa shape index (κ1) is 19.5. The van der Waals surface area contributed by atoms with Crippen LogP contribution in [0, 0.1) is 0 Å². The summed E-state index contributed by atoms with van der Waals surface area (Å²) in [5.74, 6) is -4.61. The van der Waals surface area contributed by atoms with Crippen molar-refractivity contribution in [1.29, 1.82) is 0 Å². The molecule has 1 aromatic heterocycles. The van der Waals surface area contributed by atoms with Crippen molar-refractivity contribution in [2.24, 2.45) is 7.05 Å². The molecule has 138 valence electrons. The Morgan fingerprint density at radius 1 is 1.12 bits per heavy atom. The zero-order chi connectivity index (χ0) is 19.8. The van der Waals surface area contributed by atoms with Crippen LogP contribution < -0.4 is 0 Å². The summed E-state index contributed by atoms with van der Waals surface area (Å²) in [5.41, 5.74) is -4.66. The minimum absolute atomic E-state index is 0.153. The number of carboxylic acids is 2. The Hall–Kier alpha value is -2.81. The Morgan fingerprint density at radius 2 is 1.65 bits per heavy atom. The predicted molar refractivity (Wildman–Crippen MR) is 83.6 cm³/mol. The van der Waals surface area contributed by atoms with E-state index in [-0.39, 0.29) is 10.6 Å². The van der Waals surface area contributed by atoms with E-state index in [1.807, 2.05) is 0 Å². The molecule has 1 aromatic carbocycles. The minimum atomic E-state index is -5.18. The van der Waals surface area contributed by atoms with E-state index in [1.165, 1.54) is 24.3 Å². The van der Waals surface area contributed by atoms with Gasteiger partial charge in [0.2, 0.25) is 5.78 Å². The summed E-state index contributed by atoms with van der Waals surface area (Å²) in [5, 5.41) is 18.4. The van der Waals surface area contributed by atoms with Gasteiger partial charge in [-0.15, -0.1) is 0 Å². The minimum Gasteiger partial charge on any atom is -0.481 e. The molecule has 0 aliphatic carbocycles. The number of ketones is 1. The molecule has 2 aromatic rings. The largest absolute Gasteiger partial charge is 0.481 e. The van der Waals surface area contributed by atoms with E-state index >= 15 is 0 Å². The molecule has 6 nitrogen and oxygen atoms in total. The third-order valence-corrected chi connectivity index (χ3v) is 3.91. The number of halogens is 4. The number of alkyl halides is 3. The summed E-state index contributed by atoms with van der Waals surface area (Å²) in [6.07, 6.45) is -6.17. The van der Waals surface area contributed by atoms with Crippen LogP contribution in [0.2, 0.25) is 5.02 Å². The Labute approximate surface area is 149 Å². The van der Waals surface area contributed by atoms with Gasteiger partial charge in [0.05, 0.1) is 17.5 Å². The van der Waals surface area contributed by atoms with Gasteiger partial charge in [-0.05, 0) is 24.3 Å². The van der Waals surface area contributed by atoms with Crippen molar-refractivity contribution in [1.82, 2.24) is 4.57 Å². The van der Waals surface area contributed by atoms with Crippen LogP contribution in [0.5, 0.6) is 0 Å². The molecule has 10 heteroatoms. The highest BCUT2D eigenvalue weighted by Crippen LogP contribution is 2.39. The fourth-order valence-corrected chi connectivity index (χ4v) is 2.72. The highest BCUT2D eigenvalue weighted by Gasteiger charge is 2.44. The molecule has 0 saturated carbocycles. The number of carboxylic acid groups (broad SMARTS) is 2. The summed E-state index contributed by atoms with van der Waals surface area (Å²) in [6.45, 7) is 0. The van der Waals surface area contributed by atoms with Crippen molar-refractivity contribution in [3.05, 3.63) is 57.4 Å². The molecular weight excluding hydrogens is 379 g/mol. The predicted octanol–water partition coefficient (Wildman–Crippen LogP) is 3.25. The van der Waals surface area contributed by atoms with Gasteiger partial charge in [0, 0.05) is 23.3 Å². The van der Waals surface area contributed by atoms with Crippen LogP contribution in [0.1, 0.15) is 37.7 Å². The third kappa shape index (κ3) is 3.57. The van der Waals surface area contributed by atoms with Gasteiger partial charge in [0.1, 0.15) is 5.69 Å². The smallest absolute Gasteiger partial charge is 0.419 e. The molecule has 0 atom stereocenters. The Kier molecular flexibility index (Phi) is 5.13. The van der Waals surface area contributed by atoms with Crippen LogP contribution in [0.15, 0.2) is 24.3 Å². The van der Waals surface area contributed by atoms with E-state index in [0.717, 1.165) is 7.05 Å². The molecule has 2 N–H and O–H groups in total. The van der Waals surface area contributed by atoms with Gasteiger partial charge < -0.3 is 14.8 Å². The van der Waals surface area contributed by atoms with Gasteiger partial charge >= 0.3 is 18.1 Å². The lowest BCUT2D eigenvalue weighted by molar-refractivity contribution is -0.139. The van der Waals surface area contributed by atoms with Crippen molar-refractivity contribution in [3.8, 4) is 0 Å². The molecule has 26 heavy (non-hydrogen) atoms. The maximum absolute atomic E-state index is 13.5. The number of aromatic nitrogens is 1. The number of aliphatic carboxylic acids is 1. The summed E-state index contributed by atoms with van der Waals surface area (Å²) in [6, 6.07) is 4.97. The average molecular weight is 390 g/mol. The lowest BCUT2D eigenvalue weighted by Gasteiger charge is -2.10. The molecule has 0 amide bonds. The van der Waals surface area contributed by atoms with Gasteiger partial charge in [-0.1, -0.05) is 11.6 Å². The van der Waals surface area contributed by atoms with E-state index in [1.54, 1.807) is 0 Å². The topological polar surface area (TPSA) is 96.6 Å². The lowest BCUT2D eigenvalue weighted by atomic mass is 10.0. The first-order chi connectivity index (χ1) is 11.9. The quantitative estimate of drug-likeness (QED) is 0.765. The van der Waals surface area contributed by atoms with Crippen LogP contribution in [0.3, 0.4) is 0 Å². The summed E-state index contributed by atoms with van der Waals surface area (Å²) < 4.78 is 41.3. The molecule has 0 spiro atoms. The summed E-state index contributed by atoms with van der Waals surface area (Å²) in [4.78, 5) is 35.0. The molecule has 0 fully saturated rings. The Balaban J connectivity index is 2.83. The van der Waals surface area contributed by atoms with Crippen LogP contribution in [0.4, 0.5) is 13.2 Å². The van der Waals surface area contributed by atoms with Crippen molar-refractivity contribution in [2.45, 2.75) is 12.6 Å². The van der Waals surface area contributed by atoms with Gasteiger partial charge in [0.25, 0.3) is 0 Å². The van der Waals surface area contributed by atoms with Crippen molar-refractivity contribution >= 4 is 29.3 Å². The number of carbonyl (C=O) groups is 3. The molecule has 1 heterocycles. The van der Waals surface area contributed by atoms with Gasteiger partial charge in [0.15, 0.2) is 0 Å². The number of hydrogen-bond donors (Lipinski definition) is 2. The van der Waals surface area contributed by atoms with Gasteiger partial charge in [-0.25, -0.2) is 4.79 Å². The second-order valence-corrected chi connectivity index (χ2v) is 5.75. The maximum atomic E-state index is 13.5. The molecule has 0 radical (unpaired) electrons. The highest BCUT2D eigenvalue weighted by atomic mass is 35.5. The number of aromatic carboxylic acids is 1. The van der Waals surface area contributed by atoms with Crippen LogP contribution in [0.25, 0.3) is 0 Å². The SMILES string of the molecule is Cn1c(CC(=O)O)c(C(=O)O)c(C(F)(F)F)c1C(=O)c1ccc(Cl)cc1. The van der Waals surface area contributed by atoms with Crippen LogP contribution in [-0.2, 0) is 24.4 Å². The van der Waals surface area contributed by atoms with E-state index in [9.17, 15) is 32.7 Å². The van der Waals surface area contributed by atoms with Crippen molar-refractivity contribution < 1.29 is 37.8 Å². The fourth-order valence-electron chi connectivity index (χ4n) is 2.59. The third-order valence-electron chi connectivity index (χ3n) is 3.65. The number of nitrogens with zero attached hydrogens (tertiary/aromatic N) is 1. The molecule has 2 rings (SSSR count). The maximum Gasteiger partial charge on any atom is 0.419 e. The number of carbonyl (C=O) groups excluding carboxylic acids is 1. The average Bonchev–Trinajstić information content (AvgIpc) is 2.80. The highest BCUT2D eigenvalue weighted by molar-refractivity contribution is 6.30. The Bertz CT molecular complexity index is 900. The van der Waals surface area contributed by atoms with Gasteiger partial charge in [-0.2, -0.15) is 13.2 Å². The molecule has 0 saturated heterocycles. The molecule has 0 aliphatic rings. The van der Waals surface area contributed by atoms with Crippen LogP contribution >= 0.6 is 11.6 Å². The second kappa shape index (κ2) is 6.83. The van der Waals surface area contributed by atoms with Crippen molar-refractivity contribution in [3.63, 3.8) is 0 Å². The summed E-state index contributed by atoms with van der Waals surface area (Å²) in [7, 11) is 1.02. The molecule has 0 bridgehead atoms. The van der Waals surface area contributed by atoms with Crippen molar-refractivity contribution in [2.75, 3.05) is 0 Å².